The third-order valence-electron chi connectivity index (χ3n) is 8.92. The summed E-state index contributed by atoms with van der Waals surface area (Å²) in [5.41, 5.74) is 1.14. The summed E-state index contributed by atoms with van der Waals surface area (Å²) in [4.78, 5) is 26.9. The molecule has 26 heteroatoms. The first kappa shape index (κ1) is 53.7. The van der Waals surface area contributed by atoms with Gasteiger partial charge in [-0.15, -0.1) is 0 Å². The average molecular weight is 965 g/mol. The Labute approximate surface area is 424 Å². The van der Waals surface area contributed by atoms with Crippen LogP contribution in [0.1, 0.15) is 38.8 Å². The van der Waals surface area contributed by atoms with E-state index in [4.69, 9.17) is 0 Å². The zero-order chi connectivity index (χ0) is 46.3. The maximum absolute atomic E-state index is 12.7. The molecule has 6 aromatic rings. The third kappa shape index (κ3) is 14.3. The van der Waals surface area contributed by atoms with Crippen LogP contribution in [0.4, 0.5) is 58.4 Å². The first-order valence-electron chi connectivity index (χ1n) is 19.2. The molecule has 66 heavy (non-hydrogen) atoms. The van der Waals surface area contributed by atoms with Gasteiger partial charge in [0.15, 0.2) is 0 Å². The first-order valence-corrected chi connectivity index (χ1v) is 22.0. The van der Waals surface area contributed by atoms with Crippen molar-refractivity contribution in [1.29, 1.82) is 0 Å². The summed E-state index contributed by atoms with van der Waals surface area (Å²) in [5, 5.41) is 53.2. The number of aromatic nitrogens is 6. The molecule has 4 atom stereocenters. The van der Waals surface area contributed by atoms with Crippen molar-refractivity contribution in [2.24, 2.45) is 0 Å². The maximum atomic E-state index is 12.7. The number of benzene rings is 4. The number of hydrogen-bond donors (Lipinski definition) is 10. The number of nitrogens with one attached hydrogen (secondary N) is 4. The molecule has 22 nitrogen and oxygen atoms in total. The average Bonchev–Trinajstić information content (AvgIpc) is 3.20. The van der Waals surface area contributed by atoms with Crippen LogP contribution < -0.4 is 31.1 Å². The summed E-state index contributed by atoms with van der Waals surface area (Å²) in [6.45, 7) is 5.57. The molecule has 0 fully saturated rings. The van der Waals surface area contributed by atoms with E-state index in [1.165, 1.54) is 64.1 Å². The minimum absolute atomic E-state index is 0. The van der Waals surface area contributed by atoms with Crippen molar-refractivity contribution in [1.82, 2.24) is 29.9 Å². The van der Waals surface area contributed by atoms with E-state index in [1.807, 2.05) is 0 Å². The van der Waals surface area contributed by atoms with Crippen molar-refractivity contribution in [2.75, 3.05) is 31.1 Å². The predicted molar refractivity (Wildman–Crippen MR) is 253 cm³/mol. The molecule has 0 amide bonds. The number of rotatable bonds is 18. The van der Waals surface area contributed by atoms with Gasteiger partial charge >= 0.3 is 59.1 Å². The quantitative estimate of drug-likeness (QED) is 0.0255. The molecule has 340 valence electrons. The van der Waals surface area contributed by atoms with E-state index in [0.29, 0.717) is 11.4 Å². The van der Waals surface area contributed by atoms with Crippen molar-refractivity contribution in [2.45, 2.75) is 62.4 Å². The van der Waals surface area contributed by atoms with Gasteiger partial charge in [0.1, 0.15) is 34.7 Å². The standard InChI is InChI=1S/C40H44N12O10S2.2Na.2H/c1-23(53)51(24(2)54)39-47-35(41-29-11-7-5-8-12-29)45-37(49-39)43-31-19-17-27(33(21-31)63(57,58)59)15-16-28-18-20-32(22-34(28)64(60,61)62)44-38-46-36(42-30-13-9-6-10-14-30)48-40(50-38)52(25(3)55)26(4)56;;;;/h5-26,53-56H,1-4H3,(H,57,58,59)(H,60,61,62)(H2,41,43,45,47,49)(H2,42,44,46,48,50);;;;. The van der Waals surface area contributed by atoms with Crippen molar-refractivity contribution in [3.63, 3.8) is 0 Å². The van der Waals surface area contributed by atoms with Crippen molar-refractivity contribution in [3.8, 4) is 0 Å². The number of nitrogens with zero attached hydrogens (tertiary/aromatic N) is 8. The Balaban J connectivity index is 0.00000476. The van der Waals surface area contributed by atoms with E-state index in [-0.39, 0.29) is 117 Å². The van der Waals surface area contributed by atoms with E-state index in [0.717, 1.165) is 21.9 Å². The van der Waals surface area contributed by atoms with Gasteiger partial charge in [-0.3, -0.25) is 18.9 Å². The van der Waals surface area contributed by atoms with Crippen LogP contribution in [0.5, 0.6) is 0 Å². The van der Waals surface area contributed by atoms with Gasteiger partial charge in [0.2, 0.25) is 35.7 Å². The Morgan fingerprint density at radius 1 is 0.455 bits per heavy atom. The normalized spacial score (nSPS) is 13.3. The summed E-state index contributed by atoms with van der Waals surface area (Å²) < 4.78 is 71.4. The van der Waals surface area contributed by atoms with E-state index >= 15 is 0 Å². The fourth-order valence-electron chi connectivity index (χ4n) is 6.16. The Morgan fingerprint density at radius 2 is 0.742 bits per heavy atom. The Bertz CT molecular complexity index is 2640. The number of hydrogen-bond acceptors (Lipinski definition) is 20. The van der Waals surface area contributed by atoms with Crippen LogP contribution >= 0.6 is 0 Å². The van der Waals surface area contributed by atoms with Crippen LogP contribution in [-0.2, 0) is 20.2 Å². The minimum atomic E-state index is -4.94. The van der Waals surface area contributed by atoms with Gasteiger partial charge in [-0.2, -0.15) is 46.7 Å². The molecular formula is C40H46N12Na2O10S2. The first-order chi connectivity index (χ1) is 30.2. The second-order valence-corrected chi connectivity index (χ2v) is 16.7. The number of anilines is 10. The van der Waals surface area contributed by atoms with Crippen LogP contribution in [0, 0.1) is 0 Å². The van der Waals surface area contributed by atoms with Gasteiger partial charge in [-0.1, -0.05) is 60.7 Å². The monoisotopic (exact) mass is 964 g/mol. The molecule has 0 aliphatic rings. The molecule has 0 saturated carbocycles. The molecule has 10 N–H and O–H groups in total. The molecule has 0 bridgehead atoms. The van der Waals surface area contributed by atoms with Gasteiger partial charge in [0.05, 0.1) is 0 Å². The zero-order valence-electron chi connectivity index (χ0n) is 34.4. The summed E-state index contributed by atoms with van der Waals surface area (Å²) in [5.74, 6) is -0.588. The SMILES string of the molecule is CC(O)N(c1nc(Nc2ccccc2)nc(Nc2ccc(C=Cc3ccc(Nc4nc(Nc5ccccc5)nc(N(C(C)O)C(C)O)n4)cc3S(=O)(=O)O)c(S(=O)(=O)O)c2)n1)C(C)O.[NaH].[NaH]. The summed E-state index contributed by atoms with van der Waals surface area (Å²) in [7, 11) is -9.87. The van der Waals surface area contributed by atoms with Crippen LogP contribution in [0.3, 0.4) is 0 Å². The number of aliphatic hydroxyl groups excluding tert-OH is 4. The fraction of sp³-hybridized carbons (Fsp3) is 0.200. The van der Waals surface area contributed by atoms with Crippen molar-refractivity contribution in [3.05, 3.63) is 108 Å². The van der Waals surface area contributed by atoms with Crippen molar-refractivity contribution >= 4 is 150 Å². The summed E-state index contributed by atoms with van der Waals surface area (Å²) >= 11 is 0. The molecule has 2 aromatic heterocycles. The molecule has 6 rings (SSSR count). The summed E-state index contributed by atoms with van der Waals surface area (Å²) in [6.07, 6.45) is -2.55. The molecule has 0 radical (unpaired) electrons. The fourth-order valence-corrected chi connectivity index (χ4v) is 7.58. The van der Waals surface area contributed by atoms with E-state index < -0.39 is 54.9 Å². The van der Waals surface area contributed by atoms with Crippen LogP contribution in [0.15, 0.2) is 107 Å². The Hall–Kier alpha value is -4.90. The number of para-hydroxylation sites is 2. The van der Waals surface area contributed by atoms with Crippen LogP contribution in [0.25, 0.3) is 12.2 Å². The van der Waals surface area contributed by atoms with E-state index in [1.54, 1.807) is 60.7 Å². The molecule has 0 saturated heterocycles. The second-order valence-electron chi connectivity index (χ2n) is 13.9. The van der Waals surface area contributed by atoms with E-state index in [2.05, 4.69) is 51.2 Å². The van der Waals surface area contributed by atoms with Gasteiger partial charge < -0.3 is 41.7 Å². The molecule has 4 aromatic carbocycles. The molecule has 2 heterocycles. The third-order valence-corrected chi connectivity index (χ3v) is 10.7. The van der Waals surface area contributed by atoms with Gasteiger partial charge in [0, 0.05) is 22.7 Å². The molecule has 0 aliphatic carbocycles. The summed E-state index contributed by atoms with van der Waals surface area (Å²) in [6, 6.07) is 25.2. The van der Waals surface area contributed by atoms with Crippen molar-refractivity contribution < 1.29 is 46.4 Å². The molecular weight excluding hydrogens is 919 g/mol. The van der Waals surface area contributed by atoms with Crippen LogP contribution in [0.2, 0.25) is 0 Å². The number of aliphatic hydroxyl groups is 4. The second kappa shape index (κ2) is 23.2. The van der Waals surface area contributed by atoms with E-state index in [9.17, 15) is 46.4 Å². The Morgan fingerprint density at radius 3 is 1.02 bits per heavy atom. The topological polar surface area (TPSA) is 322 Å². The zero-order valence-corrected chi connectivity index (χ0v) is 36.0. The molecule has 4 unspecified atom stereocenters. The Kier molecular flexibility index (Phi) is 18.9. The van der Waals surface area contributed by atoms with Crippen LogP contribution in [-0.4, -0.2) is 160 Å². The predicted octanol–water partition coefficient (Wildman–Crippen LogP) is 3.36. The molecule has 0 spiro atoms. The molecule has 0 aliphatic heterocycles. The van der Waals surface area contributed by atoms with Gasteiger partial charge in [-0.25, -0.2) is 0 Å². The van der Waals surface area contributed by atoms with Gasteiger partial charge in [0.25, 0.3) is 20.2 Å². The van der Waals surface area contributed by atoms with Gasteiger partial charge in [-0.05, 0) is 87.4 Å².